The Balaban J connectivity index is 2.06. The van der Waals surface area contributed by atoms with Crippen LogP contribution in [0.25, 0.3) is 0 Å². The Morgan fingerprint density at radius 1 is 1.14 bits per heavy atom. The van der Waals surface area contributed by atoms with Gasteiger partial charge >= 0.3 is 11.9 Å². The normalized spacial score (nSPS) is 20.6. The highest BCUT2D eigenvalue weighted by molar-refractivity contribution is 6.08. The van der Waals surface area contributed by atoms with Gasteiger partial charge in [0.1, 0.15) is 17.3 Å². The van der Waals surface area contributed by atoms with Gasteiger partial charge in [-0.05, 0) is 11.0 Å². The second-order valence-electron chi connectivity index (χ2n) is 7.91. The largest absolute Gasteiger partial charge is 0.468 e. The van der Waals surface area contributed by atoms with Crippen LogP contribution in [-0.4, -0.2) is 31.9 Å². The molecule has 1 heterocycles. The average molecular weight is 399 g/mol. The minimum absolute atomic E-state index is 0.0536. The lowest BCUT2D eigenvalue weighted by atomic mass is 9.71. The van der Waals surface area contributed by atoms with Gasteiger partial charge in [-0.25, -0.2) is 4.79 Å². The molecule has 0 bridgehead atoms. The maximum atomic E-state index is 12.9. The van der Waals surface area contributed by atoms with Crippen LogP contribution in [0.3, 0.4) is 0 Å². The number of methoxy groups -OCH3 is 2. The van der Waals surface area contributed by atoms with E-state index in [0.717, 1.165) is 5.56 Å². The van der Waals surface area contributed by atoms with Crippen molar-refractivity contribution in [2.45, 2.75) is 33.2 Å². The quantitative estimate of drug-likeness (QED) is 0.761. The summed E-state index contributed by atoms with van der Waals surface area (Å²) in [5.74, 6) is -2.35. The Kier molecular flexibility index (Phi) is 5.77. The number of hydrogen-bond donors (Lipinski definition) is 1. The van der Waals surface area contributed by atoms with Crippen LogP contribution in [0.1, 0.15) is 32.3 Å². The van der Waals surface area contributed by atoms with Crippen molar-refractivity contribution in [1.82, 2.24) is 5.32 Å². The van der Waals surface area contributed by atoms with E-state index < -0.39 is 17.9 Å². The van der Waals surface area contributed by atoms with Gasteiger partial charge in [0, 0.05) is 19.4 Å². The van der Waals surface area contributed by atoms with E-state index in [9.17, 15) is 14.4 Å². The predicted octanol–water partition coefficient (Wildman–Crippen LogP) is 2.62. The molecular formula is C22H25NO6. The molecule has 3 rings (SSSR count). The summed E-state index contributed by atoms with van der Waals surface area (Å²) < 4.78 is 15.8. The van der Waals surface area contributed by atoms with Crippen molar-refractivity contribution in [2.75, 3.05) is 14.2 Å². The van der Waals surface area contributed by atoms with Crippen molar-refractivity contribution < 1.29 is 28.6 Å². The van der Waals surface area contributed by atoms with Gasteiger partial charge in [0.05, 0.1) is 19.8 Å². The lowest BCUT2D eigenvalue weighted by Gasteiger charge is -2.37. The lowest BCUT2D eigenvalue weighted by Crippen LogP contribution is -2.40. The fourth-order valence-electron chi connectivity index (χ4n) is 3.73. The first kappa shape index (κ1) is 20.6. The van der Waals surface area contributed by atoms with E-state index in [1.54, 1.807) is 0 Å². The molecular weight excluding hydrogens is 374 g/mol. The van der Waals surface area contributed by atoms with Crippen LogP contribution in [0.2, 0.25) is 0 Å². The van der Waals surface area contributed by atoms with Crippen LogP contribution in [0.5, 0.6) is 0 Å². The Labute approximate surface area is 169 Å². The van der Waals surface area contributed by atoms with Gasteiger partial charge in [0.2, 0.25) is 5.88 Å². The molecule has 1 aromatic rings. The third kappa shape index (κ3) is 4.18. The molecule has 7 nitrogen and oxygen atoms in total. The minimum atomic E-state index is -1.18. The van der Waals surface area contributed by atoms with Crippen LogP contribution in [0, 0.1) is 11.3 Å². The molecule has 1 aliphatic heterocycles. The molecule has 1 atom stereocenters. The van der Waals surface area contributed by atoms with E-state index in [1.807, 2.05) is 44.2 Å². The average Bonchev–Trinajstić information content (AvgIpc) is 2.69. The third-order valence-corrected chi connectivity index (χ3v) is 5.06. The predicted molar refractivity (Wildman–Crippen MR) is 104 cm³/mol. The summed E-state index contributed by atoms with van der Waals surface area (Å²) >= 11 is 0. The maximum absolute atomic E-state index is 12.9. The first-order chi connectivity index (χ1) is 13.8. The summed E-state index contributed by atoms with van der Waals surface area (Å²) in [5, 5.41) is 3.09. The van der Waals surface area contributed by atoms with Crippen molar-refractivity contribution in [3.05, 3.63) is 58.7 Å². The molecule has 0 spiro atoms. The second kappa shape index (κ2) is 8.11. The monoisotopic (exact) mass is 399 g/mol. The molecule has 0 saturated heterocycles. The number of esters is 2. The van der Waals surface area contributed by atoms with Gasteiger partial charge in [-0.2, -0.15) is 0 Å². The lowest BCUT2D eigenvalue weighted by molar-refractivity contribution is -0.148. The Morgan fingerprint density at radius 3 is 2.45 bits per heavy atom. The Bertz CT molecular complexity index is 897. The first-order valence-corrected chi connectivity index (χ1v) is 9.39. The summed E-state index contributed by atoms with van der Waals surface area (Å²) in [4.78, 5) is 38.1. The summed E-state index contributed by atoms with van der Waals surface area (Å²) in [6.45, 7) is 4.29. The summed E-state index contributed by atoms with van der Waals surface area (Å²) in [6.07, 6.45) is 0.719. The highest BCUT2D eigenvalue weighted by Gasteiger charge is 2.48. The van der Waals surface area contributed by atoms with Gasteiger partial charge in [0.15, 0.2) is 5.78 Å². The van der Waals surface area contributed by atoms with Gasteiger partial charge < -0.3 is 19.5 Å². The number of nitrogens with one attached hydrogen (secondary N) is 1. The van der Waals surface area contributed by atoms with Gasteiger partial charge in [-0.3, -0.25) is 9.59 Å². The highest BCUT2D eigenvalue weighted by atomic mass is 16.5. The zero-order chi connectivity index (χ0) is 21.2. The Hall–Kier alpha value is -3.09. The smallest absolute Gasteiger partial charge is 0.340 e. The standard InChI is InChI=1S/C22H25NO6/c1-22(2)10-14(24)16-15(11-22)29-19(23-12-13-8-6-5-7-9-13)18(21(26)28-4)17(16)20(25)27-3/h5-9,17,23H,10-12H2,1-4H3. The van der Waals surface area contributed by atoms with E-state index in [2.05, 4.69) is 5.32 Å². The summed E-state index contributed by atoms with van der Waals surface area (Å²) in [6, 6.07) is 9.54. The van der Waals surface area contributed by atoms with E-state index in [1.165, 1.54) is 14.2 Å². The fraction of sp³-hybridized carbons (Fsp3) is 0.409. The van der Waals surface area contributed by atoms with Crippen molar-refractivity contribution >= 4 is 17.7 Å². The SMILES string of the molecule is COC(=O)C1=C(NCc2ccccc2)OC2=C(C(=O)CC(C)(C)C2)C1C(=O)OC. The topological polar surface area (TPSA) is 90.9 Å². The molecule has 2 aliphatic rings. The molecule has 0 saturated carbocycles. The molecule has 1 N–H and O–H groups in total. The van der Waals surface area contributed by atoms with Crippen molar-refractivity contribution in [3.8, 4) is 0 Å². The van der Waals surface area contributed by atoms with Crippen LogP contribution in [0.15, 0.2) is 53.1 Å². The number of carbonyl (C=O) groups is 3. The zero-order valence-corrected chi connectivity index (χ0v) is 17.0. The minimum Gasteiger partial charge on any atom is -0.468 e. The second-order valence-corrected chi connectivity index (χ2v) is 7.91. The number of allylic oxidation sites excluding steroid dienone is 1. The van der Waals surface area contributed by atoms with Crippen LogP contribution in [0.4, 0.5) is 0 Å². The molecule has 0 fully saturated rings. The van der Waals surface area contributed by atoms with Crippen molar-refractivity contribution in [1.29, 1.82) is 0 Å². The van der Waals surface area contributed by atoms with Gasteiger partial charge in [-0.15, -0.1) is 0 Å². The zero-order valence-electron chi connectivity index (χ0n) is 17.0. The molecule has 1 aliphatic carbocycles. The summed E-state index contributed by atoms with van der Waals surface area (Å²) in [7, 11) is 2.44. The first-order valence-electron chi connectivity index (χ1n) is 9.39. The van der Waals surface area contributed by atoms with Gasteiger partial charge in [0.25, 0.3) is 0 Å². The van der Waals surface area contributed by atoms with Crippen molar-refractivity contribution in [2.24, 2.45) is 11.3 Å². The van der Waals surface area contributed by atoms with Crippen LogP contribution in [-0.2, 0) is 35.1 Å². The molecule has 1 aromatic carbocycles. The molecule has 1 unspecified atom stereocenters. The number of carbonyl (C=O) groups excluding carboxylic acids is 3. The number of ketones is 1. The van der Waals surface area contributed by atoms with Gasteiger partial charge in [-0.1, -0.05) is 44.2 Å². The van der Waals surface area contributed by atoms with Crippen LogP contribution >= 0.6 is 0 Å². The molecule has 154 valence electrons. The highest BCUT2D eigenvalue weighted by Crippen LogP contribution is 2.45. The van der Waals surface area contributed by atoms with E-state index in [0.29, 0.717) is 18.7 Å². The number of rotatable bonds is 5. The number of benzene rings is 1. The van der Waals surface area contributed by atoms with Crippen molar-refractivity contribution in [3.63, 3.8) is 0 Å². The number of Topliss-reactive ketones (excluding diaryl/α,β-unsaturated/α-hetero) is 1. The van der Waals surface area contributed by atoms with E-state index >= 15 is 0 Å². The summed E-state index contributed by atoms with van der Waals surface area (Å²) in [5.41, 5.74) is 0.773. The molecule has 0 aromatic heterocycles. The number of hydrogen-bond acceptors (Lipinski definition) is 7. The molecule has 29 heavy (non-hydrogen) atoms. The van der Waals surface area contributed by atoms with Crippen LogP contribution < -0.4 is 5.32 Å². The van der Waals surface area contributed by atoms with E-state index in [-0.39, 0.29) is 34.6 Å². The third-order valence-electron chi connectivity index (χ3n) is 5.06. The van der Waals surface area contributed by atoms with E-state index in [4.69, 9.17) is 14.2 Å². The Morgan fingerprint density at radius 2 is 1.83 bits per heavy atom. The molecule has 0 amide bonds. The number of ether oxygens (including phenoxy) is 3. The molecule has 7 heteroatoms. The molecule has 0 radical (unpaired) electrons. The maximum Gasteiger partial charge on any atom is 0.340 e. The fourth-order valence-corrected chi connectivity index (χ4v) is 3.73.